The molecule has 3 aromatic rings. The second-order valence-electron chi connectivity index (χ2n) is 4.64. The summed E-state index contributed by atoms with van der Waals surface area (Å²) >= 11 is 0. The zero-order valence-corrected chi connectivity index (χ0v) is 11.3. The number of amides is 1. The molecule has 21 heavy (non-hydrogen) atoms. The van der Waals surface area contributed by atoms with Crippen LogP contribution in [-0.2, 0) is 6.42 Å². The molecule has 0 saturated carbocycles. The van der Waals surface area contributed by atoms with Gasteiger partial charge in [-0.1, -0.05) is 24.3 Å². The van der Waals surface area contributed by atoms with Gasteiger partial charge in [0.15, 0.2) is 0 Å². The fourth-order valence-corrected chi connectivity index (χ4v) is 2.22. The van der Waals surface area contributed by atoms with Crippen LogP contribution >= 0.6 is 0 Å². The summed E-state index contributed by atoms with van der Waals surface area (Å²) in [7, 11) is 0. The Morgan fingerprint density at radius 2 is 2.05 bits per heavy atom. The van der Waals surface area contributed by atoms with Crippen molar-refractivity contribution in [3.8, 4) is 0 Å². The standard InChI is InChI=1S/C15H15N5O/c16-14-11-4-2-1-3-10(11)12(9-20-14)15(21)19-6-5-13-17-7-8-18-13/h1-4,7-9H,5-6H2,(H2,16,20)(H,17,18)(H,19,21). The highest BCUT2D eigenvalue weighted by atomic mass is 16.1. The molecule has 0 bridgehead atoms. The van der Waals surface area contributed by atoms with Crippen LogP contribution in [0.4, 0.5) is 5.82 Å². The summed E-state index contributed by atoms with van der Waals surface area (Å²) in [4.78, 5) is 23.5. The zero-order chi connectivity index (χ0) is 14.7. The van der Waals surface area contributed by atoms with Gasteiger partial charge in [-0.05, 0) is 5.39 Å². The molecule has 0 aliphatic rings. The first-order valence-corrected chi connectivity index (χ1v) is 6.65. The van der Waals surface area contributed by atoms with Crippen LogP contribution in [0.2, 0.25) is 0 Å². The van der Waals surface area contributed by atoms with Gasteiger partial charge in [0.1, 0.15) is 11.6 Å². The molecule has 0 radical (unpaired) electrons. The van der Waals surface area contributed by atoms with Crippen LogP contribution < -0.4 is 11.1 Å². The SMILES string of the molecule is Nc1ncc(C(=O)NCCc2ncc[nH]2)c2ccccc12. The number of carbonyl (C=O) groups is 1. The van der Waals surface area contributed by atoms with Crippen LogP contribution in [0, 0.1) is 0 Å². The Balaban J connectivity index is 1.77. The van der Waals surface area contributed by atoms with Crippen molar-refractivity contribution in [3.63, 3.8) is 0 Å². The first kappa shape index (κ1) is 13.1. The highest BCUT2D eigenvalue weighted by Crippen LogP contribution is 2.22. The van der Waals surface area contributed by atoms with Crippen molar-refractivity contribution >= 4 is 22.5 Å². The van der Waals surface area contributed by atoms with E-state index in [9.17, 15) is 4.79 Å². The molecule has 0 aliphatic heterocycles. The number of aromatic amines is 1. The summed E-state index contributed by atoms with van der Waals surface area (Å²) in [6.45, 7) is 0.505. The number of H-pyrrole nitrogens is 1. The van der Waals surface area contributed by atoms with E-state index in [1.807, 2.05) is 24.3 Å². The molecule has 1 aromatic carbocycles. The smallest absolute Gasteiger partial charge is 0.253 e. The minimum absolute atomic E-state index is 0.162. The number of hydrogen-bond acceptors (Lipinski definition) is 4. The number of nitrogen functional groups attached to an aromatic ring is 1. The summed E-state index contributed by atoms with van der Waals surface area (Å²) in [5.74, 6) is 1.11. The number of fused-ring (bicyclic) bond motifs is 1. The van der Waals surface area contributed by atoms with E-state index in [-0.39, 0.29) is 5.91 Å². The van der Waals surface area contributed by atoms with Crippen molar-refractivity contribution in [2.45, 2.75) is 6.42 Å². The van der Waals surface area contributed by atoms with Crippen LogP contribution in [0.25, 0.3) is 10.8 Å². The highest BCUT2D eigenvalue weighted by molar-refractivity contribution is 6.08. The lowest BCUT2D eigenvalue weighted by Gasteiger charge is -2.08. The number of carbonyl (C=O) groups excluding carboxylic acids is 1. The molecular weight excluding hydrogens is 266 g/mol. The average molecular weight is 281 g/mol. The van der Waals surface area contributed by atoms with E-state index >= 15 is 0 Å². The number of nitrogens with two attached hydrogens (primary N) is 1. The molecule has 0 unspecified atom stereocenters. The third kappa shape index (κ3) is 2.69. The minimum atomic E-state index is -0.162. The van der Waals surface area contributed by atoms with Gasteiger partial charge in [-0.3, -0.25) is 4.79 Å². The number of nitrogens with zero attached hydrogens (tertiary/aromatic N) is 2. The Hall–Kier alpha value is -2.89. The second-order valence-corrected chi connectivity index (χ2v) is 4.64. The monoisotopic (exact) mass is 281 g/mol. The Morgan fingerprint density at radius 3 is 2.81 bits per heavy atom. The molecule has 3 rings (SSSR count). The van der Waals surface area contributed by atoms with Crippen LogP contribution in [0.1, 0.15) is 16.2 Å². The lowest BCUT2D eigenvalue weighted by Crippen LogP contribution is -2.26. The lowest BCUT2D eigenvalue weighted by molar-refractivity contribution is 0.0955. The van der Waals surface area contributed by atoms with Gasteiger partial charge in [0, 0.05) is 36.9 Å². The maximum Gasteiger partial charge on any atom is 0.253 e. The van der Waals surface area contributed by atoms with Crippen molar-refractivity contribution in [2.75, 3.05) is 12.3 Å². The third-order valence-electron chi connectivity index (χ3n) is 3.27. The van der Waals surface area contributed by atoms with Crippen molar-refractivity contribution in [3.05, 3.63) is 54.2 Å². The Bertz CT molecular complexity index is 767. The summed E-state index contributed by atoms with van der Waals surface area (Å²) < 4.78 is 0. The quantitative estimate of drug-likeness (QED) is 0.675. The van der Waals surface area contributed by atoms with E-state index in [2.05, 4.69) is 20.3 Å². The summed E-state index contributed by atoms with van der Waals surface area (Å²) in [5, 5.41) is 4.46. The van der Waals surface area contributed by atoms with Gasteiger partial charge in [-0.2, -0.15) is 0 Å². The van der Waals surface area contributed by atoms with E-state index < -0.39 is 0 Å². The number of benzene rings is 1. The lowest BCUT2D eigenvalue weighted by atomic mass is 10.1. The molecule has 0 atom stereocenters. The van der Waals surface area contributed by atoms with Crippen LogP contribution in [0.3, 0.4) is 0 Å². The summed E-state index contributed by atoms with van der Waals surface area (Å²) in [6.07, 6.45) is 5.61. The fraction of sp³-hybridized carbons (Fsp3) is 0.133. The molecule has 6 heteroatoms. The Labute approximate surface area is 121 Å². The number of anilines is 1. The molecule has 0 saturated heterocycles. The average Bonchev–Trinajstić information content (AvgIpc) is 3.01. The number of imidazole rings is 1. The van der Waals surface area contributed by atoms with E-state index in [0.717, 1.165) is 16.6 Å². The molecule has 4 N–H and O–H groups in total. The predicted octanol–water partition coefficient (Wildman–Crippen LogP) is 1.51. The van der Waals surface area contributed by atoms with Crippen molar-refractivity contribution in [1.82, 2.24) is 20.3 Å². The minimum Gasteiger partial charge on any atom is -0.383 e. The third-order valence-corrected chi connectivity index (χ3v) is 3.27. The van der Waals surface area contributed by atoms with Crippen molar-refractivity contribution in [2.24, 2.45) is 0 Å². The molecule has 6 nitrogen and oxygen atoms in total. The number of aromatic nitrogens is 3. The van der Waals surface area contributed by atoms with E-state index in [0.29, 0.717) is 24.3 Å². The van der Waals surface area contributed by atoms with Crippen molar-refractivity contribution < 1.29 is 4.79 Å². The van der Waals surface area contributed by atoms with Crippen molar-refractivity contribution in [1.29, 1.82) is 0 Å². The highest BCUT2D eigenvalue weighted by Gasteiger charge is 2.12. The second kappa shape index (κ2) is 5.62. The molecule has 1 amide bonds. The molecule has 0 fully saturated rings. The van der Waals surface area contributed by atoms with Gasteiger partial charge >= 0.3 is 0 Å². The van der Waals surface area contributed by atoms with Gasteiger partial charge in [0.25, 0.3) is 5.91 Å². The molecule has 0 aliphatic carbocycles. The van der Waals surface area contributed by atoms with Gasteiger partial charge in [0.2, 0.25) is 0 Å². The molecule has 2 aromatic heterocycles. The van der Waals surface area contributed by atoms with Gasteiger partial charge in [-0.15, -0.1) is 0 Å². The molecule has 0 spiro atoms. The van der Waals surface area contributed by atoms with Gasteiger partial charge in [0.05, 0.1) is 5.56 Å². The number of hydrogen-bond donors (Lipinski definition) is 3. The summed E-state index contributed by atoms with van der Waals surface area (Å²) in [6, 6.07) is 7.48. The zero-order valence-electron chi connectivity index (χ0n) is 11.3. The maximum atomic E-state index is 12.3. The summed E-state index contributed by atoms with van der Waals surface area (Å²) in [5.41, 5.74) is 6.36. The normalized spacial score (nSPS) is 10.7. The number of pyridine rings is 1. The van der Waals surface area contributed by atoms with Crippen LogP contribution in [0.15, 0.2) is 42.9 Å². The first-order valence-electron chi connectivity index (χ1n) is 6.65. The van der Waals surface area contributed by atoms with E-state index in [4.69, 9.17) is 5.73 Å². The molecule has 2 heterocycles. The van der Waals surface area contributed by atoms with Crippen LogP contribution in [-0.4, -0.2) is 27.4 Å². The van der Waals surface area contributed by atoms with Gasteiger partial charge in [-0.25, -0.2) is 9.97 Å². The largest absolute Gasteiger partial charge is 0.383 e. The number of nitrogens with one attached hydrogen (secondary N) is 2. The van der Waals surface area contributed by atoms with E-state index in [1.165, 1.54) is 6.20 Å². The number of rotatable bonds is 4. The Morgan fingerprint density at radius 1 is 1.24 bits per heavy atom. The molecule has 106 valence electrons. The van der Waals surface area contributed by atoms with Gasteiger partial charge < -0.3 is 16.0 Å². The fourth-order valence-electron chi connectivity index (χ4n) is 2.22. The first-order chi connectivity index (χ1) is 10.3. The molecular formula is C15H15N5O. The topological polar surface area (TPSA) is 96.7 Å². The Kier molecular flexibility index (Phi) is 3.51. The van der Waals surface area contributed by atoms with Crippen LogP contribution in [0.5, 0.6) is 0 Å². The maximum absolute atomic E-state index is 12.3. The predicted molar refractivity (Wildman–Crippen MR) is 80.8 cm³/mol. The van der Waals surface area contributed by atoms with E-state index in [1.54, 1.807) is 12.4 Å².